The smallest absolute Gasteiger partial charge is 0.246 e. The van der Waals surface area contributed by atoms with Crippen LogP contribution in [0.4, 0.5) is 0 Å². The molecule has 2 atom stereocenters. The fourth-order valence-corrected chi connectivity index (χ4v) is 4.94. The first-order chi connectivity index (χ1) is 11.5. The van der Waals surface area contributed by atoms with E-state index in [9.17, 15) is 8.42 Å². The minimum atomic E-state index is -3.67. The molecule has 2 saturated heterocycles. The number of benzene rings is 1. The van der Waals surface area contributed by atoms with Gasteiger partial charge in [-0.3, -0.25) is 0 Å². The average molecular weight is 375 g/mol. The summed E-state index contributed by atoms with van der Waals surface area (Å²) < 4.78 is 38.6. The Morgan fingerprint density at radius 1 is 1.33 bits per heavy atom. The molecular weight excluding hydrogens is 352 g/mol. The third-order valence-electron chi connectivity index (χ3n) is 4.41. The Kier molecular flexibility index (Phi) is 5.66. The highest BCUT2D eigenvalue weighted by Gasteiger charge is 2.33. The molecule has 8 heteroatoms. The molecule has 0 aromatic heterocycles. The summed E-state index contributed by atoms with van der Waals surface area (Å²) in [7, 11) is -3.67. The molecule has 0 radical (unpaired) electrons. The van der Waals surface area contributed by atoms with Crippen LogP contribution >= 0.6 is 11.6 Å². The summed E-state index contributed by atoms with van der Waals surface area (Å²) in [5.41, 5.74) is 5.84. The van der Waals surface area contributed by atoms with E-state index in [1.807, 2.05) is 0 Å². The molecule has 2 aliphatic rings. The predicted molar refractivity (Wildman–Crippen MR) is 91.9 cm³/mol. The van der Waals surface area contributed by atoms with E-state index in [0.29, 0.717) is 36.9 Å². The van der Waals surface area contributed by atoms with Gasteiger partial charge in [-0.05, 0) is 43.9 Å². The lowest BCUT2D eigenvalue weighted by Crippen LogP contribution is -2.32. The number of sulfonamides is 1. The van der Waals surface area contributed by atoms with Crippen LogP contribution < -0.4 is 10.5 Å². The fraction of sp³-hybridized carbons (Fsp3) is 0.625. The van der Waals surface area contributed by atoms with Crippen molar-refractivity contribution in [2.75, 3.05) is 26.3 Å². The topological polar surface area (TPSA) is 81.9 Å². The summed E-state index contributed by atoms with van der Waals surface area (Å²) in [6, 6.07) is 4.55. The zero-order valence-corrected chi connectivity index (χ0v) is 15.1. The molecule has 2 aliphatic heterocycles. The summed E-state index contributed by atoms with van der Waals surface area (Å²) >= 11 is 6.02. The van der Waals surface area contributed by atoms with Crippen LogP contribution in [0.3, 0.4) is 0 Å². The Hall–Kier alpha value is -0.860. The first-order valence-corrected chi connectivity index (χ1v) is 10.1. The van der Waals surface area contributed by atoms with Crippen molar-refractivity contribution in [1.29, 1.82) is 0 Å². The molecule has 2 fully saturated rings. The van der Waals surface area contributed by atoms with Gasteiger partial charge in [0, 0.05) is 30.8 Å². The highest BCUT2D eigenvalue weighted by molar-refractivity contribution is 7.89. The predicted octanol–water partition coefficient (Wildman–Crippen LogP) is 2.01. The molecule has 24 heavy (non-hydrogen) atoms. The summed E-state index contributed by atoms with van der Waals surface area (Å²) in [5, 5.41) is 0.360. The van der Waals surface area contributed by atoms with Crippen LogP contribution in [0, 0.1) is 0 Å². The van der Waals surface area contributed by atoms with E-state index in [4.69, 9.17) is 26.8 Å². The minimum Gasteiger partial charge on any atom is -0.489 e. The highest BCUT2D eigenvalue weighted by atomic mass is 35.5. The molecular formula is C16H23ClN2O4S. The monoisotopic (exact) mass is 374 g/mol. The van der Waals surface area contributed by atoms with Crippen LogP contribution in [-0.2, 0) is 14.8 Å². The highest BCUT2D eigenvalue weighted by Crippen LogP contribution is 2.31. The summed E-state index contributed by atoms with van der Waals surface area (Å²) in [6.45, 7) is 1.80. The van der Waals surface area contributed by atoms with Crippen molar-refractivity contribution in [3.8, 4) is 5.75 Å². The first kappa shape index (κ1) is 17.9. The number of hydrogen-bond acceptors (Lipinski definition) is 5. The van der Waals surface area contributed by atoms with E-state index < -0.39 is 10.0 Å². The maximum atomic E-state index is 12.9. The van der Waals surface area contributed by atoms with Crippen molar-refractivity contribution in [2.45, 2.75) is 42.7 Å². The number of ether oxygens (including phenoxy) is 2. The maximum Gasteiger partial charge on any atom is 0.246 e. The van der Waals surface area contributed by atoms with Gasteiger partial charge in [0.25, 0.3) is 0 Å². The Morgan fingerprint density at radius 2 is 2.17 bits per heavy atom. The van der Waals surface area contributed by atoms with Crippen molar-refractivity contribution >= 4 is 21.6 Å². The van der Waals surface area contributed by atoms with E-state index in [2.05, 4.69) is 0 Å². The standard InChI is InChI=1S/C16H23ClN2O4S/c17-12-4-5-15(23-11-14-3-1-2-8-22-14)16(9-12)24(20,21)19-7-6-13(18)10-19/h4-5,9,13-14H,1-3,6-8,10-11,18H2/t13-,14?/m1/s1. The van der Waals surface area contributed by atoms with Crippen LogP contribution in [0.15, 0.2) is 23.1 Å². The second-order valence-corrected chi connectivity index (χ2v) is 8.65. The molecule has 6 nitrogen and oxygen atoms in total. The molecule has 0 aliphatic carbocycles. The van der Waals surface area contributed by atoms with Gasteiger partial charge in [0.2, 0.25) is 10.0 Å². The van der Waals surface area contributed by atoms with Crippen molar-refractivity contribution in [3.05, 3.63) is 23.2 Å². The summed E-state index contributed by atoms with van der Waals surface area (Å²) in [4.78, 5) is 0.0971. The van der Waals surface area contributed by atoms with Gasteiger partial charge in [-0.25, -0.2) is 8.42 Å². The SMILES string of the molecule is N[C@@H]1CCN(S(=O)(=O)c2cc(Cl)ccc2OCC2CCCCO2)C1. The molecule has 3 rings (SSSR count). The molecule has 1 unspecified atom stereocenters. The molecule has 134 valence electrons. The lowest BCUT2D eigenvalue weighted by atomic mass is 10.1. The Bertz CT molecular complexity index is 677. The number of nitrogens with two attached hydrogens (primary N) is 1. The van der Waals surface area contributed by atoms with Gasteiger partial charge in [-0.2, -0.15) is 4.31 Å². The van der Waals surface area contributed by atoms with Crippen molar-refractivity contribution in [3.63, 3.8) is 0 Å². The van der Waals surface area contributed by atoms with Gasteiger partial charge in [0.15, 0.2) is 0 Å². The minimum absolute atomic E-state index is 0.00481. The van der Waals surface area contributed by atoms with E-state index >= 15 is 0 Å². The molecule has 0 amide bonds. The lowest BCUT2D eigenvalue weighted by Gasteiger charge is -2.24. The Balaban J connectivity index is 1.80. The number of hydrogen-bond donors (Lipinski definition) is 1. The summed E-state index contributed by atoms with van der Waals surface area (Å²) in [6.07, 6.45) is 3.76. The number of halogens is 1. The van der Waals surface area contributed by atoms with E-state index in [-0.39, 0.29) is 17.0 Å². The zero-order chi connectivity index (χ0) is 17.2. The lowest BCUT2D eigenvalue weighted by molar-refractivity contribution is -0.0116. The van der Waals surface area contributed by atoms with Crippen molar-refractivity contribution in [2.24, 2.45) is 5.73 Å². The van der Waals surface area contributed by atoms with Crippen LogP contribution in [-0.4, -0.2) is 51.2 Å². The zero-order valence-electron chi connectivity index (χ0n) is 13.5. The van der Waals surface area contributed by atoms with Gasteiger partial charge >= 0.3 is 0 Å². The summed E-state index contributed by atoms with van der Waals surface area (Å²) in [5.74, 6) is 0.314. The van der Waals surface area contributed by atoms with Crippen LogP contribution in [0.25, 0.3) is 0 Å². The Morgan fingerprint density at radius 3 is 2.83 bits per heavy atom. The number of rotatable bonds is 5. The van der Waals surface area contributed by atoms with E-state index in [1.165, 1.54) is 10.4 Å². The van der Waals surface area contributed by atoms with Gasteiger partial charge in [0.1, 0.15) is 17.3 Å². The van der Waals surface area contributed by atoms with Gasteiger partial charge in [-0.1, -0.05) is 11.6 Å². The third-order valence-corrected chi connectivity index (χ3v) is 6.53. The van der Waals surface area contributed by atoms with Gasteiger partial charge in [0.05, 0.1) is 6.10 Å². The average Bonchev–Trinajstić information content (AvgIpc) is 3.02. The molecule has 0 saturated carbocycles. The normalized spacial score (nSPS) is 25.8. The van der Waals surface area contributed by atoms with E-state index in [1.54, 1.807) is 12.1 Å². The number of nitrogens with zero attached hydrogens (tertiary/aromatic N) is 1. The van der Waals surface area contributed by atoms with Crippen LogP contribution in [0.2, 0.25) is 5.02 Å². The molecule has 2 heterocycles. The Labute approximate surface area is 147 Å². The quantitative estimate of drug-likeness (QED) is 0.852. The van der Waals surface area contributed by atoms with Gasteiger partial charge < -0.3 is 15.2 Å². The third kappa shape index (κ3) is 4.03. The first-order valence-electron chi connectivity index (χ1n) is 8.26. The second-order valence-electron chi connectivity index (χ2n) is 6.30. The van der Waals surface area contributed by atoms with Crippen molar-refractivity contribution < 1.29 is 17.9 Å². The van der Waals surface area contributed by atoms with Crippen LogP contribution in [0.5, 0.6) is 5.75 Å². The molecule has 0 bridgehead atoms. The van der Waals surface area contributed by atoms with Crippen LogP contribution in [0.1, 0.15) is 25.7 Å². The molecule has 1 aromatic rings. The van der Waals surface area contributed by atoms with Gasteiger partial charge in [-0.15, -0.1) is 0 Å². The largest absolute Gasteiger partial charge is 0.489 e. The molecule has 1 aromatic carbocycles. The maximum absolute atomic E-state index is 12.9. The second kappa shape index (κ2) is 7.58. The fourth-order valence-electron chi connectivity index (χ4n) is 3.04. The molecule has 2 N–H and O–H groups in total. The molecule has 0 spiro atoms. The van der Waals surface area contributed by atoms with E-state index in [0.717, 1.165) is 25.9 Å². The van der Waals surface area contributed by atoms with Crippen molar-refractivity contribution in [1.82, 2.24) is 4.31 Å².